The molecule has 0 heterocycles. The van der Waals surface area contributed by atoms with E-state index < -0.39 is 35.7 Å². The molecule has 3 aromatic rings. The maximum Gasteiger partial charge on any atom is 0.407 e. The lowest BCUT2D eigenvalue weighted by Gasteiger charge is -2.22. The number of hydrogen-bond donors (Lipinski definition) is 4. The quantitative estimate of drug-likeness (QED) is 0.212. The van der Waals surface area contributed by atoms with Gasteiger partial charge >= 0.3 is 18.2 Å². The van der Waals surface area contributed by atoms with Crippen molar-refractivity contribution in [1.82, 2.24) is 16.1 Å². The number of rotatable bonds is 8. The number of carboxylic acid groups (broad SMARTS) is 1. The molecule has 0 radical (unpaired) electrons. The Balaban J connectivity index is 0.000000370. The highest BCUT2D eigenvalue weighted by atomic mass is 16.6. The molecule has 0 aromatic heterocycles. The number of amides is 3. The van der Waals surface area contributed by atoms with Crippen LogP contribution in [-0.2, 0) is 19.1 Å². The van der Waals surface area contributed by atoms with Crippen LogP contribution in [0.25, 0.3) is 11.1 Å². The average molecular weight is 626 g/mol. The summed E-state index contributed by atoms with van der Waals surface area (Å²) >= 11 is 0. The van der Waals surface area contributed by atoms with E-state index in [0.717, 1.165) is 22.3 Å². The minimum absolute atomic E-state index is 0.0952. The largest absolute Gasteiger partial charge is 0.478 e. The summed E-state index contributed by atoms with van der Waals surface area (Å²) < 4.78 is 10.6. The van der Waals surface area contributed by atoms with Crippen molar-refractivity contribution in [1.29, 1.82) is 0 Å². The third kappa shape index (κ3) is 10.2. The third-order valence-corrected chi connectivity index (χ3v) is 6.42. The van der Waals surface area contributed by atoms with Crippen molar-refractivity contribution < 1.29 is 38.6 Å². The first-order chi connectivity index (χ1) is 21.9. The van der Waals surface area contributed by atoms with Crippen molar-refractivity contribution in [2.75, 3.05) is 20.3 Å². The van der Waals surface area contributed by atoms with Crippen LogP contribution in [-0.4, -0.2) is 61.1 Å². The first-order valence-corrected chi connectivity index (χ1v) is 14.1. The van der Waals surface area contributed by atoms with Crippen LogP contribution in [0.5, 0.6) is 0 Å². The molecular formula is C35H35N3O8. The molecule has 4 N–H and O–H groups in total. The van der Waals surface area contributed by atoms with E-state index in [2.05, 4.69) is 38.7 Å². The standard InChI is InChI=1S/C24H29N3O6.C11H6O2/c1-24(2,3)33-22(29)25-13-20(21(28)27-31-4)26-23(30)32-14-19-17-11-7-5-9-15(17)16-10-6-8-12-18(16)19;1-2-3-4-9-5-7-10(8-6-9)11(12)13/h5-12,19-20H,13-14H2,1-4H3,(H,25,29)(H,26,30)(H,27,28);1,5-8H,(H,12,13)/t20-;/m1./s1. The number of benzene rings is 3. The fourth-order valence-electron chi connectivity index (χ4n) is 4.47. The number of alkyl carbamates (subject to hydrolysis) is 2. The van der Waals surface area contributed by atoms with Crippen LogP contribution < -0.4 is 16.1 Å². The Morgan fingerprint density at radius 2 is 1.50 bits per heavy atom. The van der Waals surface area contributed by atoms with Gasteiger partial charge in [-0.1, -0.05) is 54.5 Å². The fourth-order valence-corrected chi connectivity index (χ4v) is 4.47. The summed E-state index contributed by atoms with van der Waals surface area (Å²) in [7, 11) is 1.27. The van der Waals surface area contributed by atoms with E-state index in [9.17, 15) is 19.2 Å². The van der Waals surface area contributed by atoms with E-state index in [-0.39, 0.29) is 24.6 Å². The van der Waals surface area contributed by atoms with Crippen molar-refractivity contribution in [3.05, 3.63) is 95.1 Å². The number of carbonyl (C=O) groups is 4. The Morgan fingerprint density at radius 1 is 0.913 bits per heavy atom. The number of ether oxygens (including phenoxy) is 2. The van der Waals surface area contributed by atoms with E-state index in [1.165, 1.54) is 19.2 Å². The molecule has 1 aliphatic carbocycles. The number of hydroxylamine groups is 1. The van der Waals surface area contributed by atoms with Gasteiger partial charge in [0.1, 0.15) is 18.2 Å². The van der Waals surface area contributed by atoms with Crippen LogP contribution in [0.2, 0.25) is 0 Å². The number of terminal acetylenes is 1. The number of hydrogen-bond acceptors (Lipinski definition) is 7. The van der Waals surface area contributed by atoms with Gasteiger partial charge in [0.25, 0.3) is 5.91 Å². The Kier molecular flexibility index (Phi) is 12.3. The SMILES string of the molecule is C#CC#Cc1ccc(C(=O)O)cc1.CONC(=O)[C@@H](CNC(=O)OC(C)(C)C)NC(=O)OCC1c2ccccc2-c2ccccc21. The average Bonchev–Trinajstić information content (AvgIpc) is 3.34. The zero-order chi connectivity index (χ0) is 33.7. The highest BCUT2D eigenvalue weighted by molar-refractivity contribution is 5.87. The second-order valence-corrected chi connectivity index (χ2v) is 10.9. The van der Waals surface area contributed by atoms with Crippen molar-refractivity contribution in [3.63, 3.8) is 0 Å². The summed E-state index contributed by atoms with van der Waals surface area (Å²) in [5, 5.41) is 13.5. The first kappa shape index (κ1) is 34.7. The number of fused-ring (bicyclic) bond motifs is 3. The van der Waals surface area contributed by atoms with Gasteiger partial charge in [-0.15, -0.1) is 6.42 Å². The van der Waals surface area contributed by atoms with Gasteiger partial charge in [-0.3, -0.25) is 9.63 Å². The molecule has 0 bridgehead atoms. The van der Waals surface area contributed by atoms with E-state index in [1.54, 1.807) is 32.9 Å². The monoisotopic (exact) mass is 625 g/mol. The maximum atomic E-state index is 12.5. The van der Waals surface area contributed by atoms with Gasteiger partial charge in [-0.25, -0.2) is 19.9 Å². The molecule has 0 saturated heterocycles. The summed E-state index contributed by atoms with van der Waals surface area (Å²) in [5.41, 5.74) is 6.77. The fraction of sp³-hybridized carbons (Fsp3) is 0.257. The summed E-state index contributed by atoms with van der Waals surface area (Å²) in [6.07, 6.45) is 3.43. The molecule has 0 fully saturated rings. The Labute approximate surface area is 267 Å². The van der Waals surface area contributed by atoms with Gasteiger partial charge in [0.2, 0.25) is 0 Å². The van der Waals surface area contributed by atoms with E-state index in [4.69, 9.17) is 21.0 Å². The molecule has 46 heavy (non-hydrogen) atoms. The molecule has 0 spiro atoms. The molecule has 1 atom stereocenters. The Bertz CT molecular complexity index is 1610. The number of aromatic carboxylic acids is 1. The molecule has 238 valence electrons. The number of carboxylic acids is 1. The van der Waals surface area contributed by atoms with Gasteiger partial charge in [-0.05, 0) is 79.1 Å². The summed E-state index contributed by atoms with van der Waals surface area (Å²) in [6.45, 7) is 5.04. The second kappa shape index (κ2) is 16.3. The Hall–Kier alpha value is -5.78. The smallest absolute Gasteiger partial charge is 0.407 e. The summed E-state index contributed by atoms with van der Waals surface area (Å²) in [5.74, 6) is 5.59. The van der Waals surface area contributed by atoms with E-state index in [0.29, 0.717) is 5.56 Å². The normalized spacial score (nSPS) is 11.8. The van der Waals surface area contributed by atoms with Crippen LogP contribution in [0.3, 0.4) is 0 Å². The first-order valence-electron chi connectivity index (χ1n) is 14.1. The zero-order valence-electron chi connectivity index (χ0n) is 25.9. The van der Waals surface area contributed by atoms with Crippen LogP contribution >= 0.6 is 0 Å². The third-order valence-electron chi connectivity index (χ3n) is 6.42. The summed E-state index contributed by atoms with van der Waals surface area (Å²) in [4.78, 5) is 51.8. The molecule has 0 aliphatic heterocycles. The molecule has 0 saturated carbocycles. The zero-order valence-corrected chi connectivity index (χ0v) is 25.9. The Morgan fingerprint density at radius 3 is 2.02 bits per heavy atom. The van der Waals surface area contributed by atoms with Crippen molar-refractivity contribution in [2.45, 2.75) is 38.3 Å². The molecule has 0 unspecified atom stereocenters. The second-order valence-electron chi connectivity index (χ2n) is 10.9. The van der Waals surface area contributed by atoms with Gasteiger partial charge in [-0.2, -0.15) is 0 Å². The van der Waals surface area contributed by atoms with Gasteiger partial charge in [0.15, 0.2) is 0 Å². The topological polar surface area (TPSA) is 152 Å². The van der Waals surface area contributed by atoms with Crippen molar-refractivity contribution in [3.8, 4) is 35.3 Å². The van der Waals surface area contributed by atoms with Crippen LogP contribution in [0.4, 0.5) is 9.59 Å². The predicted octanol–water partition coefficient (Wildman–Crippen LogP) is 4.47. The minimum Gasteiger partial charge on any atom is -0.478 e. The van der Waals surface area contributed by atoms with Crippen molar-refractivity contribution >= 4 is 24.1 Å². The van der Waals surface area contributed by atoms with Crippen LogP contribution in [0.1, 0.15) is 53.7 Å². The van der Waals surface area contributed by atoms with Gasteiger partial charge in [0, 0.05) is 11.5 Å². The molecule has 4 rings (SSSR count). The molecule has 3 aromatic carbocycles. The minimum atomic E-state index is -1.13. The number of carbonyl (C=O) groups excluding carboxylic acids is 3. The predicted molar refractivity (Wildman–Crippen MR) is 170 cm³/mol. The lowest BCUT2D eigenvalue weighted by molar-refractivity contribution is -0.133. The highest BCUT2D eigenvalue weighted by Gasteiger charge is 2.30. The van der Waals surface area contributed by atoms with E-state index >= 15 is 0 Å². The molecule has 11 nitrogen and oxygen atoms in total. The number of nitrogens with one attached hydrogen (secondary N) is 3. The molecule has 1 aliphatic rings. The van der Waals surface area contributed by atoms with E-state index in [1.807, 2.05) is 48.5 Å². The summed E-state index contributed by atoms with van der Waals surface area (Å²) in [6, 6.07) is 21.0. The highest BCUT2D eigenvalue weighted by Crippen LogP contribution is 2.44. The molecular weight excluding hydrogens is 590 g/mol. The molecule has 11 heteroatoms. The van der Waals surface area contributed by atoms with Crippen LogP contribution in [0, 0.1) is 24.2 Å². The lowest BCUT2D eigenvalue weighted by atomic mass is 9.98. The van der Waals surface area contributed by atoms with Crippen LogP contribution in [0.15, 0.2) is 72.8 Å². The molecule has 3 amide bonds. The maximum absolute atomic E-state index is 12.5. The lowest BCUT2D eigenvalue weighted by Crippen LogP contribution is -2.53. The van der Waals surface area contributed by atoms with Crippen molar-refractivity contribution in [2.24, 2.45) is 0 Å². The van der Waals surface area contributed by atoms with Gasteiger partial charge < -0.3 is 25.2 Å². The van der Waals surface area contributed by atoms with Gasteiger partial charge in [0.05, 0.1) is 19.2 Å².